The molecule has 0 aliphatic heterocycles. The molecule has 0 bridgehead atoms. The molecule has 0 aliphatic carbocycles. The number of halogens is 1. The first kappa shape index (κ1) is 7.11. The molecule has 0 amide bonds. The third-order valence-electron chi connectivity index (χ3n) is 3.45. The van der Waals surface area contributed by atoms with Crippen molar-refractivity contribution in [2.45, 2.75) is 0 Å². The summed E-state index contributed by atoms with van der Waals surface area (Å²) in [6, 6.07) is 7.99. The van der Waals surface area contributed by atoms with Crippen LogP contribution in [-0.2, 0) is 0 Å². The highest BCUT2D eigenvalue weighted by atomic mass is 35.5. The summed E-state index contributed by atoms with van der Waals surface area (Å²) in [7, 11) is 0. The number of hydrogen-bond acceptors (Lipinski definition) is 0. The lowest BCUT2D eigenvalue weighted by atomic mass is 9.94. The van der Waals surface area contributed by atoms with Gasteiger partial charge in [-0.3, -0.25) is 0 Å². The number of hydrogen-bond donors (Lipinski definition) is 0. The van der Waals surface area contributed by atoms with Crippen LogP contribution in [0.5, 0.6) is 0 Å². The summed E-state index contributed by atoms with van der Waals surface area (Å²) in [6.45, 7) is 0. The molecule has 4 aromatic rings. The molecule has 0 nitrogen and oxygen atoms in total. The largest absolute Gasteiger partial charge is 0.0837 e. The van der Waals surface area contributed by atoms with Gasteiger partial charge in [0.15, 0.2) is 0 Å². The standard InChI is InChI=1S/C20H13Cl/c21-20-13-5-11-18-17(10-4-12-19(18)20)16-9-3-7-14-6-1-2-8-15(14)16/h1-13H/i1D,2D,3D,6D,7D,8D,9D. The van der Waals surface area contributed by atoms with E-state index in [1.807, 2.05) is 12.1 Å². The van der Waals surface area contributed by atoms with E-state index >= 15 is 0 Å². The van der Waals surface area contributed by atoms with Crippen molar-refractivity contribution < 1.29 is 9.60 Å². The lowest BCUT2D eigenvalue weighted by Gasteiger charge is -2.11. The van der Waals surface area contributed by atoms with Crippen LogP contribution < -0.4 is 0 Å². The van der Waals surface area contributed by atoms with Crippen LogP contribution in [0.15, 0.2) is 78.7 Å². The molecule has 1 heteroatoms. The maximum absolute atomic E-state index is 8.48. The Morgan fingerprint density at radius 2 is 1.43 bits per heavy atom. The number of rotatable bonds is 1. The minimum absolute atomic E-state index is 0.0546. The number of fused-ring (bicyclic) bond motifs is 2. The normalized spacial score (nSPS) is 15.8. The Hall–Kier alpha value is -2.31. The summed E-state index contributed by atoms with van der Waals surface area (Å²) < 4.78 is 57.4. The second kappa shape index (κ2) is 4.91. The van der Waals surface area contributed by atoms with Crippen molar-refractivity contribution in [1.82, 2.24) is 0 Å². The van der Waals surface area contributed by atoms with Gasteiger partial charge in [-0.1, -0.05) is 84.2 Å². The third-order valence-corrected chi connectivity index (χ3v) is 3.78. The van der Waals surface area contributed by atoms with Crippen molar-refractivity contribution in [3.8, 4) is 11.1 Å². The molecule has 0 saturated carbocycles. The maximum Gasteiger partial charge on any atom is 0.0629 e. The average molecular weight is 296 g/mol. The molecule has 0 unspecified atom stereocenters. The second-order valence-electron chi connectivity index (χ2n) is 4.64. The van der Waals surface area contributed by atoms with Gasteiger partial charge in [0.05, 0.1) is 9.60 Å². The van der Waals surface area contributed by atoms with E-state index in [0.29, 0.717) is 16.0 Å². The fourth-order valence-electron chi connectivity index (χ4n) is 2.50. The van der Waals surface area contributed by atoms with Crippen molar-refractivity contribution in [1.29, 1.82) is 0 Å². The van der Waals surface area contributed by atoms with Crippen molar-refractivity contribution in [2.75, 3.05) is 0 Å². The zero-order valence-corrected chi connectivity index (χ0v) is 11.6. The maximum atomic E-state index is 8.48. The van der Waals surface area contributed by atoms with Crippen LogP contribution in [0.2, 0.25) is 5.02 Å². The molecular weight excluding hydrogens is 276 g/mol. The van der Waals surface area contributed by atoms with E-state index in [-0.39, 0.29) is 46.5 Å². The minimum Gasteiger partial charge on any atom is -0.0837 e. The van der Waals surface area contributed by atoms with E-state index in [2.05, 4.69) is 0 Å². The van der Waals surface area contributed by atoms with Crippen LogP contribution >= 0.6 is 11.6 Å². The topological polar surface area (TPSA) is 0 Å². The van der Waals surface area contributed by atoms with Crippen LogP contribution in [0.3, 0.4) is 0 Å². The van der Waals surface area contributed by atoms with Gasteiger partial charge < -0.3 is 0 Å². The first-order valence-corrected chi connectivity index (χ1v) is 6.80. The summed E-state index contributed by atoms with van der Waals surface area (Å²) in [5.74, 6) is 0. The highest BCUT2D eigenvalue weighted by Crippen LogP contribution is 2.35. The molecule has 0 atom stereocenters. The average Bonchev–Trinajstić information content (AvgIpc) is 2.69. The van der Waals surface area contributed by atoms with Crippen LogP contribution in [0.1, 0.15) is 9.60 Å². The zero-order valence-electron chi connectivity index (χ0n) is 17.8. The lowest BCUT2D eigenvalue weighted by molar-refractivity contribution is 1.68. The Balaban J connectivity index is 2.32. The third kappa shape index (κ3) is 2.00. The fourth-order valence-corrected chi connectivity index (χ4v) is 2.74. The molecule has 0 spiro atoms. The second-order valence-corrected chi connectivity index (χ2v) is 5.05. The van der Waals surface area contributed by atoms with Crippen molar-refractivity contribution >= 4 is 33.1 Å². The smallest absolute Gasteiger partial charge is 0.0629 e. The van der Waals surface area contributed by atoms with Crippen LogP contribution in [-0.4, -0.2) is 0 Å². The Labute approximate surface area is 138 Å². The molecule has 0 heterocycles. The monoisotopic (exact) mass is 295 g/mol. The molecule has 0 N–H and O–H groups in total. The predicted octanol–water partition coefficient (Wildman–Crippen LogP) is 6.31. The van der Waals surface area contributed by atoms with Gasteiger partial charge >= 0.3 is 0 Å². The molecule has 0 aromatic heterocycles. The van der Waals surface area contributed by atoms with Gasteiger partial charge in [-0.15, -0.1) is 0 Å². The van der Waals surface area contributed by atoms with Gasteiger partial charge in [-0.05, 0) is 33.4 Å². The molecule has 4 rings (SSSR count). The lowest BCUT2D eigenvalue weighted by Crippen LogP contribution is -1.84. The predicted molar refractivity (Wildman–Crippen MR) is 91.9 cm³/mol. The van der Waals surface area contributed by atoms with Crippen molar-refractivity contribution in [3.63, 3.8) is 0 Å². The highest BCUT2D eigenvalue weighted by Gasteiger charge is 2.08. The summed E-state index contributed by atoms with van der Waals surface area (Å²) in [5.41, 5.74) is 0.740. The van der Waals surface area contributed by atoms with Gasteiger partial charge in [0, 0.05) is 10.4 Å². The summed E-state index contributed by atoms with van der Waals surface area (Å²) in [6.07, 6.45) is 0. The van der Waals surface area contributed by atoms with Gasteiger partial charge in [0.1, 0.15) is 0 Å². The Bertz CT molecular complexity index is 1290. The van der Waals surface area contributed by atoms with Crippen LogP contribution in [0, 0.1) is 0 Å². The molecule has 0 radical (unpaired) electrons. The highest BCUT2D eigenvalue weighted by molar-refractivity contribution is 6.36. The first-order chi connectivity index (χ1) is 13.3. The van der Waals surface area contributed by atoms with Crippen molar-refractivity contribution in [2.24, 2.45) is 0 Å². The number of benzene rings is 4. The Morgan fingerprint density at radius 3 is 2.38 bits per heavy atom. The van der Waals surface area contributed by atoms with Gasteiger partial charge in [0.2, 0.25) is 0 Å². The molecular formula is C20H13Cl. The molecule has 4 aromatic carbocycles. The van der Waals surface area contributed by atoms with E-state index in [0.717, 1.165) is 5.39 Å². The van der Waals surface area contributed by atoms with Crippen LogP contribution in [0.25, 0.3) is 32.7 Å². The summed E-state index contributed by atoms with van der Waals surface area (Å²) in [5, 5.41) is 1.97. The van der Waals surface area contributed by atoms with Gasteiger partial charge in [-0.25, -0.2) is 0 Å². The first-order valence-electron chi connectivity index (χ1n) is 9.93. The summed E-state index contributed by atoms with van der Waals surface area (Å²) in [4.78, 5) is 0. The quantitative estimate of drug-likeness (QED) is 0.386. The molecule has 0 saturated heterocycles. The molecule has 0 fully saturated rings. The van der Waals surface area contributed by atoms with Gasteiger partial charge in [-0.2, -0.15) is 0 Å². The van der Waals surface area contributed by atoms with Gasteiger partial charge in [0.25, 0.3) is 0 Å². The molecule has 100 valence electrons. The minimum atomic E-state index is -0.463. The molecule has 0 aliphatic rings. The van der Waals surface area contributed by atoms with E-state index in [1.54, 1.807) is 24.3 Å². The SMILES string of the molecule is [2H]c1c([2H])c([2H])c2c(-c3cccc4c(Cl)cccc34)c([2H])c([2H])c([2H])c2c1[2H]. The van der Waals surface area contributed by atoms with E-state index < -0.39 is 12.1 Å². The molecule has 21 heavy (non-hydrogen) atoms. The fraction of sp³-hybridized carbons (Fsp3) is 0. The van der Waals surface area contributed by atoms with E-state index in [9.17, 15) is 0 Å². The Kier molecular flexibility index (Phi) is 1.66. The van der Waals surface area contributed by atoms with E-state index in [4.69, 9.17) is 21.2 Å². The summed E-state index contributed by atoms with van der Waals surface area (Å²) >= 11 is 6.30. The Morgan fingerprint density at radius 1 is 0.667 bits per heavy atom. The zero-order chi connectivity index (χ0) is 20.3. The van der Waals surface area contributed by atoms with E-state index in [1.165, 1.54) is 0 Å². The van der Waals surface area contributed by atoms with Crippen molar-refractivity contribution in [3.05, 3.63) is 83.7 Å². The van der Waals surface area contributed by atoms with Crippen LogP contribution in [0.4, 0.5) is 0 Å².